The van der Waals surface area contributed by atoms with Gasteiger partial charge in [0.15, 0.2) is 0 Å². The Morgan fingerprint density at radius 1 is 1.03 bits per heavy atom. The summed E-state index contributed by atoms with van der Waals surface area (Å²) in [7, 11) is 0. The molecule has 1 amide bonds. The normalized spacial score (nSPS) is 12.3. The average molecular weight is 421 g/mol. The minimum atomic E-state index is -4.82. The average Bonchev–Trinajstić information content (AvgIpc) is 2.69. The third-order valence-corrected chi connectivity index (χ3v) is 4.07. The lowest BCUT2D eigenvalue weighted by molar-refractivity contribution is -0.274. The maximum atomic E-state index is 13.1. The molecule has 0 fully saturated rings. The van der Waals surface area contributed by atoms with E-state index in [0.717, 1.165) is 16.8 Å². The van der Waals surface area contributed by atoms with Crippen LogP contribution in [0.2, 0.25) is 0 Å². The summed E-state index contributed by atoms with van der Waals surface area (Å²) in [5.74, 6) is -1.46. The second-order valence-electron chi connectivity index (χ2n) is 6.25. The molecule has 0 radical (unpaired) electrons. The van der Waals surface area contributed by atoms with Crippen LogP contribution in [0.4, 0.5) is 23.2 Å². The highest BCUT2D eigenvalue weighted by Gasteiger charge is 2.31. The second kappa shape index (κ2) is 8.36. The van der Waals surface area contributed by atoms with Crippen molar-refractivity contribution in [2.45, 2.75) is 19.3 Å². The molecule has 0 aliphatic heterocycles. The van der Waals surface area contributed by atoms with Crippen molar-refractivity contribution in [2.24, 2.45) is 0 Å². The van der Waals surface area contributed by atoms with Gasteiger partial charge in [-0.3, -0.25) is 9.59 Å². The third-order valence-electron chi connectivity index (χ3n) is 4.07. The predicted octanol–water partition coefficient (Wildman–Crippen LogP) is 4.15. The Morgan fingerprint density at radius 2 is 1.67 bits per heavy atom. The van der Waals surface area contributed by atoms with Crippen LogP contribution in [0.3, 0.4) is 0 Å². The molecule has 2 aromatic carbocycles. The largest absolute Gasteiger partial charge is 0.573 e. The van der Waals surface area contributed by atoms with Gasteiger partial charge in [-0.15, -0.1) is 13.2 Å². The maximum Gasteiger partial charge on any atom is 0.573 e. The number of carbonyl (C=O) groups is 1. The minimum absolute atomic E-state index is 0.212. The molecule has 30 heavy (non-hydrogen) atoms. The van der Waals surface area contributed by atoms with Gasteiger partial charge in [-0.25, -0.2) is 9.07 Å². The fourth-order valence-electron chi connectivity index (χ4n) is 2.58. The molecule has 3 rings (SSSR count). The zero-order chi connectivity index (χ0) is 21.9. The lowest BCUT2D eigenvalue weighted by atomic mass is 10.1. The van der Waals surface area contributed by atoms with Crippen LogP contribution in [0.15, 0.2) is 65.5 Å². The van der Waals surface area contributed by atoms with Crippen LogP contribution in [-0.4, -0.2) is 22.1 Å². The van der Waals surface area contributed by atoms with E-state index in [1.54, 1.807) is 0 Å². The van der Waals surface area contributed by atoms with Gasteiger partial charge in [-0.05, 0) is 61.5 Å². The van der Waals surface area contributed by atoms with E-state index in [1.165, 1.54) is 55.5 Å². The van der Waals surface area contributed by atoms with Crippen molar-refractivity contribution >= 4 is 11.6 Å². The first-order valence-electron chi connectivity index (χ1n) is 8.65. The van der Waals surface area contributed by atoms with Gasteiger partial charge >= 0.3 is 6.36 Å². The number of benzene rings is 2. The van der Waals surface area contributed by atoms with E-state index in [1.807, 2.05) is 0 Å². The SMILES string of the molecule is CC(C(=O)Nc1ccc(OC(F)(F)F)cc1)n1nc(-c2ccc(F)cc2)ccc1=O. The van der Waals surface area contributed by atoms with Gasteiger partial charge in [0, 0.05) is 17.3 Å². The number of carbonyl (C=O) groups excluding carboxylic acids is 1. The standard InChI is InChI=1S/C20H15F4N3O3/c1-12(19(29)25-15-6-8-16(9-7-15)30-20(22,23)24)27-18(28)11-10-17(26-27)13-2-4-14(21)5-3-13/h2-12H,1H3,(H,25,29). The quantitative estimate of drug-likeness (QED) is 0.629. The van der Waals surface area contributed by atoms with E-state index < -0.39 is 35.4 Å². The fourth-order valence-corrected chi connectivity index (χ4v) is 2.58. The highest BCUT2D eigenvalue weighted by Crippen LogP contribution is 2.24. The number of aromatic nitrogens is 2. The number of amides is 1. The van der Waals surface area contributed by atoms with Crippen molar-refractivity contribution in [2.75, 3.05) is 5.32 Å². The van der Waals surface area contributed by atoms with Crippen LogP contribution in [0.5, 0.6) is 5.75 Å². The number of rotatable bonds is 5. The van der Waals surface area contributed by atoms with E-state index in [9.17, 15) is 27.2 Å². The third kappa shape index (κ3) is 5.22. The van der Waals surface area contributed by atoms with E-state index >= 15 is 0 Å². The number of nitrogens with zero attached hydrogens (tertiary/aromatic N) is 2. The summed E-state index contributed by atoms with van der Waals surface area (Å²) >= 11 is 0. The molecule has 6 nitrogen and oxygen atoms in total. The Balaban J connectivity index is 1.76. The molecule has 156 valence electrons. The van der Waals surface area contributed by atoms with Crippen molar-refractivity contribution < 1.29 is 27.1 Å². The summed E-state index contributed by atoms with van der Waals surface area (Å²) in [6.45, 7) is 1.44. The molecule has 0 aliphatic rings. The molecule has 1 heterocycles. The van der Waals surface area contributed by atoms with Gasteiger partial charge < -0.3 is 10.1 Å². The zero-order valence-corrected chi connectivity index (χ0v) is 15.5. The van der Waals surface area contributed by atoms with Crippen LogP contribution in [-0.2, 0) is 4.79 Å². The molecular weight excluding hydrogens is 406 g/mol. The Morgan fingerprint density at radius 3 is 2.27 bits per heavy atom. The maximum absolute atomic E-state index is 13.1. The first kappa shape index (κ1) is 21.0. The monoisotopic (exact) mass is 421 g/mol. The molecule has 0 saturated heterocycles. The van der Waals surface area contributed by atoms with Crippen molar-refractivity contribution in [3.63, 3.8) is 0 Å². The number of halogens is 4. The molecule has 0 saturated carbocycles. The van der Waals surface area contributed by atoms with Gasteiger partial charge in [0.25, 0.3) is 5.56 Å². The smallest absolute Gasteiger partial charge is 0.406 e. The van der Waals surface area contributed by atoms with Crippen molar-refractivity contribution in [1.82, 2.24) is 9.78 Å². The Kier molecular flexibility index (Phi) is 5.86. The predicted molar refractivity (Wildman–Crippen MR) is 100 cm³/mol. The van der Waals surface area contributed by atoms with Crippen LogP contribution in [0.25, 0.3) is 11.3 Å². The van der Waals surface area contributed by atoms with E-state index in [0.29, 0.717) is 11.3 Å². The molecule has 1 N–H and O–H groups in total. The molecule has 1 unspecified atom stereocenters. The molecule has 3 aromatic rings. The van der Waals surface area contributed by atoms with E-state index in [2.05, 4.69) is 15.2 Å². The Hall–Kier alpha value is -3.69. The van der Waals surface area contributed by atoms with Gasteiger partial charge in [0.05, 0.1) is 5.69 Å². The molecule has 0 bridgehead atoms. The number of alkyl halides is 3. The van der Waals surface area contributed by atoms with Gasteiger partial charge in [-0.2, -0.15) is 5.10 Å². The van der Waals surface area contributed by atoms with Crippen LogP contribution >= 0.6 is 0 Å². The number of ether oxygens (including phenoxy) is 1. The minimum Gasteiger partial charge on any atom is -0.406 e. The fraction of sp³-hybridized carbons (Fsp3) is 0.150. The number of hydrogen-bond donors (Lipinski definition) is 1. The first-order chi connectivity index (χ1) is 14.1. The highest BCUT2D eigenvalue weighted by atomic mass is 19.4. The Labute approximate surface area is 167 Å². The molecule has 0 aliphatic carbocycles. The van der Waals surface area contributed by atoms with Gasteiger partial charge in [0.2, 0.25) is 5.91 Å². The molecule has 1 aromatic heterocycles. The second-order valence-corrected chi connectivity index (χ2v) is 6.25. The van der Waals surface area contributed by atoms with Crippen molar-refractivity contribution in [3.8, 4) is 17.0 Å². The van der Waals surface area contributed by atoms with Gasteiger partial charge in [-0.1, -0.05) is 0 Å². The van der Waals surface area contributed by atoms with Crippen LogP contribution < -0.4 is 15.6 Å². The lowest BCUT2D eigenvalue weighted by Crippen LogP contribution is -2.33. The van der Waals surface area contributed by atoms with E-state index in [4.69, 9.17) is 0 Å². The summed E-state index contributed by atoms with van der Waals surface area (Å²) in [6, 6.07) is 11.7. The number of nitrogens with one attached hydrogen (secondary N) is 1. The van der Waals surface area contributed by atoms with Crippen molar-refractivity contribution in [1.29, 1.82) is 0 Å². The topological polar surface area (TPSA) is 73.2 Å². The molecular formula is C20H15F4N3O3. The molecule has 10 heteroatoms. The number of hydrogen-bond acceptors (Lipinski definition) is 4. The van der Waals surface area contributed by atoms with E-state index in [-0.39, 0.29) is 5.69 Å². The zero-order valence-electron chi connectivity index (χ0n) is 15.5. The summed E-state index contributed by atoms with van der Waals surface area (Å²) < 4.78 is 54.5. The van der Waals surface area contributed by atoms with Crippen molar-refractivity contribution in [3.05, 3.63) is 76.8 Å². The Bertz CT molecular complexity index is 1090. The summed E-state index contributed by atoms with van der Waals surface area (Å²) in [6.07, 6.45) is -4.82. The molecule has 1 atom stereocenters. The summed E-state index contributed by atoms with van der Waals surface area (Å²) in [5.41, 5.74) is 0.600. The van der Waals surface area contributed by atoms with Crippen LogP contribution in [0.1, 0.15) is 13.0 Å². The lowest BCUT2D eigenvalue weighted by Gasteiger charge is -2.15. The van der Waals surface area contributed by atoms with Gasteiger partial charge in [0.1, 0.15) is 17.6 Å². The highest BCUT2D eigenvalue weighted by molar-refractivity contribution is 5.93. The number of anilines is 1. The first-order valence-corrected chi connectivity index (χ1v) is 8.65. The summed E-state index contributed by atoms with van der Waals surface area (Å²) in [5, 5.41) is 6.66. The van der Waals surface area contributed by atoms with Crippen LogP contribution in [0, 0.1) is 5.82 Å². The summed E-state index contributed by atoms with van der Waals surface area (Å²) in [4.78, 5) is 24.7. The molecule has 0 spiro atoms.